The van der Waals surface area contributed by atoms with Gasteiger partial charge in [-0.1, -0.05) is 5.21 Å². The molecule has 7 nitrogen and oxygen atoms in total. The van der Waals surface area contributed by atoms with Crippen LogP contribution >= 0.6 is 0 Å². The SMILES string of the molecule is O=Cc1nnn2c1CN(C(=O)Nc1ccc(F)c(F)c1)CC2. The number of hydrogen-bond acceptors (Lipinski definition) is 4. The van der Waals surface area contributed by atoms with Crippen molar-refractivity contribution < 1.29 is 18.4 Å². The Kier molecular flexibility index (Phi) is 3.53. The molecule has 9 heteroatoms. The standard InChI is InChI=1S/C13H11F2N5O2/c14-9-2-1-8(5-10(9)15)16-13(22)19-3-4-20-12(6-19)11(7-21)17-18-20/h1-2,5,7H,3-4,6H2,(H,16,22). The average Bonchev–Trinajstić information content (AvgIpc) is 2.93. The fourth-order valence-electron chi connectivity index (χ4n) is 2.21. The van der Waals surface area contributed by atoms with Crippen LogP contribution in [0.5, 0.6) is 0 Å². The number of urea groups is 1. The summed E-state index contributed by atoms with van der Waals surface area (Å²) in [6.45, 7) is 0.933. The number of nitrogens with zero attached hydrogens (tertiary/aromatic N) is 4. The molecule has 0 unspecified atom stereocenters. The molecule has 1 N–H and O–H groups in total. The molecule has 0 bridgehead atoms. The van der Waals surface area contributed by atoms with Crippen molar-refractivity contribution in [2.75, 3.05) is 11.9 Å². The molecule has 1 aromatic carbocycles. The van der Waals surface area contributed by atoms with E-state index in [1.807, 2.05) is 0 Å². The molecule has 0 atom stereocenters. The fourth-order valence-corrected chi connectivity index (χ4v) is 2.21. The number of aromatic nitrogens is 3. The van der Waals surface area contributed by atoms with Gasteiger partial charge in [0.1, 0.15) is 0 Å². The molecule has 1 aliphatic heterocycles. The number of hydrogen-bond donors (Lipinski definition) is 1. The summed E-state index contributed by atoms with van der Waals surface area (Å²) in [4.78, 5) is 24.5. The molecule has 22 heavy (non-hydrogen) atoms. The highest BCUT2D eigenvalue weighted by atomic mass is 19.2. The molecule has 0 aliphatic carbocycles. The third kappa shape index (κ3) is 2.52. The fraction of sp³-hybridized carbons (Fsp3) is 0.231. The molecule has 0 fully saturated rings. The number of benzene rings is 1. The molecular weight excluding hydrogens is 296 g/mol. The topological polar surface area (TPSA) is 80.1 Å². The van der Waals surface area contributed by atoms with Crippen LogP contribution in [0.2, 0.25) is 0 Å². The van der Waals surface area contributed by atoms with Gasteiger partial charge in [0.25, 0.3) is 0 Å². The number of carbonyl (C=O) groups is 2. The van der Waals surface area contributed by atoms with Crippen LogP contribution in [-0.4, -0.2) is 38.8 Å². The van der Waals surface area contributed by atoms with Crippen molar-refractivity contribution in [3.63, 3.8) is 0 Å². The van der Waals surface area contributed by atoms with Crippen molar-refractivity contribution >= 4 is 18.0 Å². The Labute approximate surface area is 123 Å². The van der Waals surface area contributed by atoms with Crippen molar-refractivity contribution in [1.82, 2.24) is 19.9 Å². The molecule has 2 amide bonds. The van der Waals surface area contributed by atoms with Crippen LogP contribution in [0.1, 0.15) is 16.2 Å². The van der Waals surface area contributed by atoms with Crippen LogP contribution in [0.25, 0.3) is 0 Å². The van der Waals surface area contributed by atoms with Crippen LogP contribution in [0.3, 0.4) is 0 Å². The van der Waals surface area contributed by atoms with Gasteiger partial charge in [-0.3, -0.25) is 4.79 Å². The van der Waals surface area contributed by atoms with E-state index in [1.165, 1.54) is 11.0 Å². The molecule has 0 saturated heterocycles. The maximum atomic E-state index is 13.1. The van der Waals surface area contributed by atoms with Gasteiger partial charge >= 0.3 is 6.03 Å². The van der Waals surface area contributed by atoms with Crippen molar-refractivity contribution in [2.24, 2.45) is 0 Å². The Balaban J connectivity index is 1.73. The number of anilines is 1. The van der Waals surface area contributed by atoms with E-state index < -0.39 is 17.7 Å². The average molecular weight is 307 g/mol. The van der Waals surface area contributed by atoms with Gasteiger partial charge in [0, 0.05) is 18.3 Å². The zero-order chi connectivity index (χ0) is 15.7. The van der Waals surface area contributed by atoms with E-state index in [2.05, 4.69) is 15.6 Å². The van der Waals surface area contributed by atoms with E-state index in [0.29, 0.717) is 25.1 Å². The highest BCUT2D eigenvalue weighted by Crippen LogP contribution is 2.17. The van der Waals surface area contributed by atoms with E-state index >= 15 is 0 Å². The molecule has 2 aromatic rings. The van der Waals surface area contributed by atoms with Crippen molar-refractivity contribution in [1.29, 1.82) is 0 Å². The van der Waals surface area contributed by atoms with E-state index in [0.717, 1.165) is 12.1 Å². The molecule has 2 heterocycles. The molecule has 1 aliphatic rings. The first-order valence-corrected chi connectivity index (χ1v) is 6.47. The second-order valence-electron chi connectivity index (χ2n) is 4.74. The number of nitrogens with one attached hydrogen (secondary N) is 1. The Hall–Kier alpha value is -2.84. The minimum absolute atomic E-state index is 0.150. The summed E-state index contributed by atoms with van der Waals surface area (Å²) >= 11 is 0. The van der Waals surface area contributed by atoms with E-state index in [9.17, 15) is 18.4 Å². The van der Waals surface area contributed by atoms with Gasteiger partial charge in [-0.25, -0.2) is 18.3 Å². The Morgan fingerprint density at radius 1 is 1.27 bits per heavy atom. The first kappa shape index (κ1) is 14.1. The Morgan fingerprint density at radius 3 is 2.82 bits per heavy atom. The second-order valence-corrected chi connectivity index (χ2v) is 4.74. The van der Waals surface area contributed by atoms with Gasteiger partial charge in [-0.05, 0) is 12.1 Å². The molecular formula is C13H11F2N5O2. The summed E-state index contributed by atoms with van der Waals surface area (Å²) < 4.78 is 27.5. The summed E-state index contributed by atoms with van der Waals surface area (Å²) in [7, 11) is 0. The summed E-state index contributed by atoms with van der Waals surface area (Å²) in [5.41, 5.74) is 0.878. The van der Waals surface area contributed by atoms with Crippen molar-refractivity contribution in [3.05, 3.63) is 41.2 Å². The van der Waals surface area contributed by atoms with Crippen LogP contribution in [0, 0.1) is 11.6 Å². The van der Waals surface area contributed by atoms with Gasteiger partial charge in [0.2, 0.25) is 0 Å². The largest absolute Gasteiger partial charge is 0.322 e. The highest BCUT2D eigenvalue weighted by Gasteiger charge is 2.24. The number of rotatable bonds is 2. The predicted molar refractivity (Wildman–Crippen MR) is 71.2 cm³/mol. The number of amides is 2. The minimum atomic E-state index is -1.04. The van der Waals surface area contributed by atoms with Crippen molar-refractivity contribution in [3.8, 4) is 0 Å². The van der Waals surface area contributed by atoms with Gasteiger partial charge in [-0.2, -0.15) is 0 Å². The summed E-state index contributed by atoms with van der Waals surface area (Å²) in [6.07, 6.45) is 0.579. The minimum Gasteiger partial charge on any atom is -0.317 e. The smallest absolute Gasteiger partial charge is 0.317 e. The van der Waals surface area contributed by atoms with Gasteiger partial charge in [-0.15, -0.1) is 5.10 Å². The lowest BCUT2D eigenvalue weighted by molar-refractivity contribution is 0.111. The van der Waals surface area contributed by atoms with Crippen molar-refractivity contribution in [2.45, 2.75) is 13.1 Å². The zero-order valence-electron chi connectivity index (χ0n) is 11.3. The number of aldehydes is 1. The zero-order valence-corrected chi connectivity index (χ0v) is 11.3. The predicted octanol–water partition coefficient (Wildman–Crippen LogP) is 1.42. The normalized spacial score (nSPS) is 13.6. The lowest BCUT2D eigenvalue weighted by Crippen LogP contribution is -2.41. The highest BCUT2D eigenvalue weighted by molar-refractivity contribution is 5.89. The monoisotopic (exact) mass is 307 g/mol. The number of carbonyl (C=O) groups excluding carboxylic acids is 2. The van der Waals surface area contributed by atoms with Gasteiger partial charge < -0.3 is 10.2 Å². The Bertz CT molecular complexity index is 746. The van der Waals surface area contributed by atoms with Crippen LogP contribution < -0.4 is 5.32 Å². The second kappa shape index (κ2) is 5.51. The summed E-state index contributed by atoms with van der Waals surface area (Å²) in [6, 6.07) is 2.63. The third-order valence-electron chi connectivity index (χ3n) is 3.36. The van der Waals surface area contributed by atoms with E-state index in [-0.39, 0.29) is 17.9 Å². The molecule has 0 saturated carbocycles. The summed E-state index contributed by atoms with van der Waals surface area (Å²) in [5, 5.41) is 10.0. The molecule has 0 radical (unpaired) electrons. The maximum Gasteiger partial charge on any atom is 0.322 e. The third-order valence-corrected chi connectivity index (χ3v) is 3.36. The molecule has 114 valence electrons. The first-order valence-electron chi connectivity index (χ1n) is 6.47. The number of halogens is 2. The van der Waals surface area contributed by atoms with E-state index in [4.69, 9.17) is 0 Å². The quantitative estimate of drug-likeness (QED) is 0.851. The molecule has 0 spiro atoms. The van der Waals surface area contributed by atoms with Crippen LogP contribution in [0.15, 0.2) is 18.2 Å². The van der Waals surface area contributed by atoms with Gasteiger partial charge in [0.15, 0.2) is 23.6 Å². The lowest BCUT2D eigenvalue weighted by atomic mass is 10.2. The summed E-state index contributed by atoms with van der Waals surface area (Å²) in [5.74, 6) is -2.02. The first-order chi connectivity index (χ1) is 10.6. The molecule has 1 aromatic heterocycles. The van der Waals surface area contributed by atoms with Crippen LogP contribution in [-0.2, 0) is 13.1 Å². The van der Waals surface area contributed by atoms with Crippen LogP contribution in [0.4, 0.5) is 19.3 Å². The maximum absolute atomic E-state index is 13.1. The lowest BCUT2D eigenvalue weighted by Gasteiger charge is -2.27. The van der Waals surface area contributed by atoms with Gasteiger partial charge in [0.05, 0.1) is 18.8 Å². The van der Waals surface area contributed by atoms with E-state index in [1.54, 1.807) is 4.68 Å². The Morgan fingerprint density at radius 2 is 2.09 bits per heavy atom. The molecule has 3 rings (SSSR count). The number of fused-ring (bicyclic) bond motifs is 1.